The van der Waals surface area contributed by atoms with E-state index in [1.165, 1.54) is 0 Å². The molecule has 98 valence electrons. The van der Waals surface area contributed by atoms with Crippen molar-refractivity contribution in [2.75, 3.05) is 13.7 Å². The van der Waals surface area contributed by atoms with Crippen molar-refractivity contribution in [2.24, 2.45) is 0 Å². The monoisotopic (exact) mass is 268 g/mol. The predicted octanol–water partition coefficient (Wildman–Crippen LogP) is 1.82. The van der Waals surface area contributed by atoms with Gasteiger partial charge in [0, 0.05) is 6.54 Å². The van der Waals surface area contributed by atoms with Crippen LogP contribution in [0.3, 0.4) is 0 Å². The Balaban J connectivity index is 2.40. The van der Waals surface area contributed by atoms with Crippen molar-refractivity contribution < 1.29 is 14.3 Å². The Morgan fingerprint density at radius 3 is 2.89 bits per heavy atom. The number of rotatable bonds is 4. The molecule has 1 amide bonds. The van der Waals surface area contributed by atoms with Gasteiger partial charge in [0.05, 0.1) is 13.7 Å². The van der Waals surface area contributed by atoms with Crippen molar-refractivity contribution in [3.05, 3.63) is 29.8 Å². The molecule has 0 heterocycles. The highest BCUT2D eigenvalue weighted by atomic mass is 32.1. The molecule has 0 saturated heterocycles. The lowest BCUT2D eigenvalue weighted by Crippen LogP contribution is -2.39. The lowest BCUT2D eigenvalue weighted by atomic mass is 10.2. The van der Waals surface area contributed by atoms with Gasteiger partial charge in [-0.15, -0.1) is 0 Å². The van der Waals surface area contributed by atoms with Gasteiger partial charge in [0.1, 0.15) is 5.75 Å². The Labute approximate surface area is 111 Å². The van der Waals surface area contributed by atoms with Crippen LogP contribution in [0.15, 0.2) is 24.3 Å². The SMILES string of the molecule is CCOC(=O)NC(=S)NCc1cccc(OC)c1. The van der Waals surface area contributed by atoms with Gasteiger partial charge in [-0.25, -0.2) is 4.79 Å². The van der Waals surface area contributed by atoms with Crippen LogP contribution in [0.2, 0.25) is 0 Å². The molecule has 0 aromatic heterocycles. The number of carbonyl (C=O) groups excluding carboxylic acids is 1. The van der Waals surface area contributed by atoms with E-state index in [2.05, 4.69) is 10.6 Å². The minimum atomic E-state index is -0.555. The van der Waals surface area contributed by atoms with Crippen LogP contribution >= 0.6 is 12.2 Å². The van der Waals surface area contributed by atoms with Gasteiger partial charge in [-0.1, -0.05) is 12.1 Å². The number of hydrogen-bond acceptors (Lipinski definition) is 4. The van der Waals surface area contributed by atoms with Gasteiger partial charge in [-0.05, 0) is 36.8 Å². The Bertz CT molecular complexity index is 424. The third kappa shape index (κ3) is 5.01. The molecule has 1 aromatic rings. The number of nitrogens with one attached hydrogen (secondary N) is 2. The number of benzene rings is 1. The molecule has 2 N–H and O–H groups in total. The van der Waals surface area contributed by atoms with E-state index in [1.807, 2.05) is 24.3 Å². The lowest BCUT2D eigenvalue weighted by molar-refractivity contribution is 0.157. The maximum atomic E-state index is 11.1. The molecule has 0 aliphatic rings. The zero-order chi connectivity index (χ0) is 13.4. The van der Waals surface area contributed by atoms with Crippen LogP contribution in [0.4, 0.5) is 4.79 Å². The number of amides is 1. The minimum absolute atomic E-state index is 0.233. The number of methoxy groups -OCH3 is 1. The highest BCUT2D eigenvalue weighted by Crippen LogP contribution is 2.11. The van der Waals surface area contributed by atoms with Crippen molar-refractivity contribution in [2.45, 2.75) is 13.5 Å². The van der Waals surface area contributed by atoms with Gasteiger partial charge in [0.25, 0.3) is 0 Å². The molecule has 0 aliphatic heterocycles. The Morgan fingerprint density at radius 2 is 2.22 bits per heavy atom. The largest absolute Gasteiger partial charge is 0.497 e. The van der Waals surface area contributed by atoms with Crippen molar-refractivity contribution in [1.82, 2.24) is 10.6 Å². The number of carbonyl (C=O) groups is 1. The summed E-state index contributed by atoms with van der Waals surface area (Å²) in [6, 6.07) is 7.57. The molecule has 0 fully saturated rings. The van der Waals surface area contributed by atoms with E-state index in [9.17, 15) is 4.79 Å². The summed E-state index contributed by atoms with van der Waals surface area (Å²) >= 11 is 4.95. The van der Waals surface area contributed by atoms with E-state index in [0.29, 0.717) is 13.2 Å². The minimum Gasteiger partial charge on any atom is -0.497 e. The summed E-state index contributed by atoms with van der Waals surface area (Å²) in [6.45, 7) is 2.54. The molecule has 0 atom stereocenters. The number of hydrogen-bond donors (Lipinski definition) is 2. The Hall–Kier alpha value is -1.82. The van der Waals surface area contributed by atoms with Gasteiger partial charge >= 0.3 is 6.09 Å². The molecular formula is C12H16N2O3S. The fourth-order valence-corrected chi connectivity index (χ4v) is 1.42. The van der Waals surface area contributed by atoms with Gasteiger partial charge < -0.3 is 14.8 Å². The van der Waals surface area contributed by atoms with Gasteiger partial charge in [-0.3, -0.25) is 5.32 Å². The molecule has 1 aromatic carbocycles. The van der Waals surface area contributed by atoms with Gasteiger partial charge in [0.2, 0.25) is 0 Å². The first-order chi connectivity index (χ1) is 8.65. The van der Waals surface area contributed by atoms with Crippen molar-refractivity contribution in [1.29, 1.82) is 0 Å². The van der Waals surface area contributed by atoms with E-state index < -0.39 is 6.09 Å². The van der Waals surface area contributed by atoms with Gasteiger partial charge in [-0.2, -0.15) is 0 Å². The summed E-state index contributed by atoms with van der Waals surface area (Å²) < 4.78 is 9.81. The fraction of sp³-hybridized carbons (Fsp3) is 0.333. The van der Waals surface area contributed by atoms with Crippen LogP contribution < -0.4 is 15.4 Å². The second-order valence-corrected chi connectivity index (χ2v) is 3.79. The van der Waals surface area contributed by atoms with Gasteiger partial charge in [0.15, 0.2) is 5.11 Å². The molecule has 0 bridgehead atoms. The molecule has 0 radical (unpaired) electrons. The fourth-order valence-electron chi connectivity index (χ4n) is 1.27. The first-order valence-electron chi connectivity index (χ1n) is 5.50. The van der Waals surface area contributed by atoms with Crippen LogP contribution in [0.25, 0.3) is 0 Å². The lowest BCUT2D eigenvalue weighted by Gasteiger charge is -2.10. The second kappa shape index (κ2) is 7.50. The summed E-state index contributed by atoms with van der Waals surface area (Å²) in [5, 5.41) is 5.54. The van der Waals surface area contributed by atoms with Crippen LogP contribution in [0.1, 0.15) is 12.5 Å². The summed E-state index contributed by atoms with van der Waals surface area (Å²) in [4.78, 5) is 11.1. The standard InChI is InChI=1S/C12H16N2O3S/c1-3-17-12(15)14-11(18)13-8-9-5-4-6-10(7-9)16-2/h4-7H,3,8H2,1-2H3,(H2,13,14,15,18). The smallest absolute Gasteiger partial charge is 0.413 e. The number of thiocarbonyl (C=S) groups is 1. The Morgan fingerprint density at radius 1 is 1.44 bits per heavy atom. The Kier molecular flexibility index (Phi) is 5.93. The van der Waals surface area contributed by atoms with E-state index in [0.717, 1.165) is 11.3 Å². The highest BCUT2D eigenvalue weighted by Gasteiger charge is 2.04. The third-order valence-corrected chi connectivity index (χ3v) is 2.32. The molecule has 18 heavy (non-hydrogen) atoms. The number of alkyl carbamates (subject to hydrolysis) is 1. The summed E-state index contributed by atoms with van der Waals surface area (Å²) in [5.74, 6) is 0.776. The molecule has 5 nitrogen and oxygen atoms in total. The first-order valence-corrected chi connectivity index (χ1v) is 5.91. The summed E-state index contributed by atoms with van der Waals surface area (Å²) in [7, 11) is 1.61. The first kappa shape index (κ1) is 14.2. The van der Waals surface area contributed by atoms with Crippen molar-refractivity contribution >= 4 is 23.4 Å². The normalized spacial score (nSPS) is 9.44. The maximum Gasteiger partial charge on any atom is 0.413 e. The molecule has 0 unspecified atom stereocenters. The molecule has 1 rings (SSSR count). The second-order valence-electron chi connectivity index (χ2n) is 3.38. The summed E-state index contributed by atoms with van der Waals surface area (Å²) in [5.41, 5.74) is 1.00. The van der Waals surface area contributed by atoms with E-state index in [-0.39, 0.29) is 5.11 Å². The summed E-state index contributed by atoms with van der Waals surface area (Å²) in [6.07, 6.45) is -0.555. The van der Waals surface area contributed by atoms with Crippen LogP contribution in [0.5, 0.6) is 5.75 Å². The van der Waals surface area contributed by atoms with Crippen molar-refractivity contribution in [3.63, 3.8) is 0 Å². The van der Waals surface area contributed by atoms with E-state index >= 15 is 0 Å². The molecule has 0 saturated carbocycles. The molecule has 6 heteroatoms. The van der Waals surface area contributed by atoms with E-state index in [4.69, 9.17) is 21.7 Å². The maximum absolute atomic E-state index is 11.1. The van der Waals surface area contributed by atoms with E-state index in [1.54, 1.807) is 14.0 Å². The predicted molar refractivity (Wildman–Crippen MR) is 72.6 cm³/mol. The molecule has 0 aliphatic carbocycles. The molecule has 0 spiro atoms. The zero-order valence-corrected chi connectivity index (χ0v) is 11.2. The zero-order valence-electron chi connectivity index (χ0n) is 10.4. The van der Waals surface area contributed by atoms with Crippen LogP contribution in [0, 0.1) is 0 Å². The van der Waals surface area contributed by atoms with Crippen molar-refractivity contribution in [3.8, 4) is 5.75 Å². The highest BCUT2D eigenvalue weighted by molar-refractivity contribution is 7.80. The molecular weight excluding hydrogens is 252 g/mol. The average molecular weight is 268 g/mol. The van der Waals surface area contributed by atoms with Crippen LogP contribution in [-0.2, 0) is 11.3 Å². The third-order valence-electron chi connectivity index (χ3n) is 2.08. The average Bonchev–Trinajstić information content (AvgIpc) is 2.37. The van der Waals surface area contributed by atoms with Crippen LogP contribution in [-0.4, -0.2) is 24.9 Å². The topological polar surface area (TPSA) is 59.6 Å². The quantitative estimate of drug-likeness (QED) is 0.816. The number of ether oxygens (including phenoxy) is 2.